The summed E-state index contributed by atoms with van der Waals surface area (Å²) in [7, 11) is 0. The van der Waals surface area contributed by atoms with Gasteiger partial charge >= 0.3 is 179 Å². The van der Waals surface area contributed by atoms with Gasteiger partial charge in [-0.1, -0.05) is 0 Å². The monoisotopic (exact) mass is 491 g/mol. The largest absolute Gasteiger partial charge is 3.00 e. The van der Waals surface area contributed by atoms with Crippen molar-refractivity contribution < 1.29 is 38.3 Å². The molecule has 0 aromatic rings. The van der Waals surface area contributed by atoms with E-state index in [1.807, 2.05) is 0 Å². The Labute approximate surface area is 211 Å². The van der Waals surface area contributed by atoms with Gasteiger partial charge in [0.15, 0.2) is 0 Å². The number of hydrogen-bond acceptors (Lipinski definition) is 1. The Hall–Kier alpha value is 5.46. The van der Waals surface area contributed by atoms with Crippen LogP contribution in [0.25, 0.3) is 0 Å². The van der Waals surface area contributed by atoms with Crippen LogP contribution < -0.4 is 0 Å². The van der Waals surface area contributed by atoms with Crippen molar-refractivity contribution in [1.29, 1.82) is 0 Å². The molecule has 0 heterocycles. The van der Waals surface area contributed by atoms with E-state index in [4.69, 9.17) is 0 Å². The molecule has 0 aromatic carbocycles. The molecule has 13 heavy (non-hydrogen) atoms. The van der Waals surface area contributed by atoms with E-state index in [2.05, 4.69) is 0 Å². The molecule has 13 heteroatoms. The van der Waals surface area contributed by atoms with Crippen LogP contribution in [-0.4, -0.2) is 184 Å². The predicted molar refractivity (Wildman–Crippen MR) is 40.6 cm³/mol. The molecule has 0 rings (SSSR count). The molecule has 0 amide bonds. The Bertz CT molecular complexity index is 22.5. The maximum atomic E-state index is 0. The molecule has 56 valence electrons. The summed E-state index contributed by atoms with van der Waals surface area (Å²) in [6.45, 7) is 0. The molecule has 0 bridgehead atoms. The minimum Gasteiger partial charge on any atom is -2.00 e. The summed E-state index contributed by atoms with van der Waals surface area (Å²) >= 11 is 0. The molecule has 0 unspecified atom stereocenters. The maximum Gasteiger partial charge on any atom is 3.00 e. The first kappa shape index (κ1) is 189. The summed E-state index contributed by atoms with van der Waals surface area (Å²) < 4.78 is 0. The average Bonchev–Trinajstić information content (AvgIpc) is 0. The minimum atomic E-state index is 0. The molecule has 7 nitrogen and oxygen atoms in total. The fourth-order valence-electron chi connectivity index (χ4n) is 0. The summed E-state index contributed by atoms with van der Waals surface area (Å²) in [5.74, 6) is 0. The van der Waals surface area contributed by atoms with E-state index in [0.717, 1.165) is 0 Å². The van der Waals surface area contributed by atoms with Gasteiger partial charge < -0.3 is 38.3 Å². The molecule has 0 spiro atoms. The Balaban J connectivity index is 0. The first-order valence-electron chi connectivity index (χ1n) is 0. The molecular formula is HAl2Ba2Mg2O7+. The topological polar surface area (TPSA) is 201 Å². The minimum absolute atomic E-state index is 0. The third-order valence-corrected chi connectivity index (χ3v) is 0. The van der Waals surface area contributed by atoms with E-state index in [1.54, 1.807) is 0 Å². The fourth-order valence-corrected chi connectivity index (χ4v) is 0. The van der Waals surface area contributed by atoms with Crippen molar-refractivity contribution in [2.45, 2.75) is 0 Å². The van der Waals surface area contributed by atoms with E-state index >= 15 is 0 Å². The molecular weight excluding hydrogens is 489 g/mol. The molecule has 1 N–H and O–H groups in total. The third-order valence-electron chi connectivity index (χ3n) is 0. The van der Waals surface area contributed by atoms with Gasteiger partial charge in [0.1, 0.15) is 0 Å². The molecule has 0 radical (unpaired) electrons. The molecule has 0 fully saturated rings. The summed E-state index contributed by atoms with van der Waals surface area (Å²) in [5.41, 5.74) is 0. The van der Waals surface area contributed by atoms with Gasteiger partial charge in [-0.05, 0) is 0 Å². The van der Waals surface area contributed by atoms with Gasteiger partial charge in [0.2, 0.25) is 0 Å². The van der Waals surface area contributed by atoms with Gasteiger partial charge in [-0.15, -0.1) is 0 Å². The zero-order valence-electron chi connectivity index (χ0n) is 6.88. The van der Waals surface area contributed by atoms with Crippen molar-refractivity contribution in [1.82, 2.24) is 0 Å². The number of rotatable bonds is 0. The molecule has 0 aliphatic carbocycles. The summed E-state index contributed by atoms with van der Waals surface area (Å²) in [5, 5.41) is 0. The van der Waals surface area contributed by atoms with Gasteiger partial charge in [-0.2, -0.15) is 0 Å². The van der Waals surface area contributed by atoms with Crippen molar-refractivity contribution in [2.24, 2.45) is 0 Å². The average molecular weight is 490 g/mol. The standard InChI is InChI=1S/2Al.2Ba.2Mg.H2O.6O/h;;;;;;1H2;;;;;;/q2*+3;4*+2;;6*-2/p-1. The van der Waals surface area contributed by atoms with Crippen LogP contribution in [0.3, 0.4) is 0 Å². The van der Waals surface area contributed by atoms with Crippen LogP contribution in [0.1, 0.15) is 0 Å². The summed E-state index contributed by atoms with van der Waals surface area (Å²) in [6, 6.07) is 0. The second-order valence-corrected chi connectivity index (χ2v) is 0. The zero-order valence-corrected chi connectivity index (χ0v) is 20.9. The number of hydrogen-bond donors (Lipinski definition) is 0. The molecule has 0 aliphatic rings. The van der Waals surface area contributed by atoms with Crippen molar-refractivity contribution in [3.8, 4) is 0 Å². The van der Waals surface area contributed by atoms with E-state index in [9.17, 15) is 0 Å². The molecule has 0 aliphatic heterocycles. The first-order valence-corrected chi connectivity index (χ1v) is 0. The van der Waals surface area contributed by atoms with Crippen LogP contribution in [0.4, 0.5) is 0 Å². The Morgan fingerprint density at radius 1 is 0.385 bits per heavy atom. The van der Waals surface area contributed by atoms with E-state index in [0.29, 0.717) is 0 Å². The third kappa shape index (κ3) is 140. The van der Waals surface area contributed by atoms with Crippen LogP contribution in [0.5, 0.6) is 0 Å². The Morgan fingerprint density at radius 2 is 0.385 bits per heavy atom. The fraction of sp³-hybridized carbons (Fsp3) is 0. The quantitative estimate of drug-likeness (QED) is 0.317. The van der Waals surface area contributed by atoms with Crippen LogP contribution in [-0.2, 0) is 32.9 Å². The van der Waals surface area contributed by atoms with Crippen molar-refractivity contribution in [3.05, 3.63) is 0 Å². The second-order valence-electron chi connectivity index (χ2n) is 0. The predicted octanol–water partition coefficient (Wildman–Crippen LogP) is -3.17. The second kappa shape index (κ2) is 159. The summed E-state index contributed by atoms with van der Waals surface area (Å²) in [6.07, 6.45) is 0. The van der Waals surface area contributed by atoms with Crippen LogP contribution in [0.2, 0.25) is 0 Å². The van der Waals surface area contributed by atoms with Crippen LogP contribution in [0, 0.1) is 0 Å². The van der Waals surface area contributed by atoms with E-state index in [1.165, 1.54) is 0 Å². The van der Waals surface area contributed by atoms with E-state index < -0.39 is 0 Å². The van der Waals surface area contributed by atoms with Gasteiger partial charge in [-0.25, -0.2) is 0 Å². The molecule has 0 aromatic heterocycles. The van der Waals surface area contributed by atoms with E-state index in [-0.39, 0.29) is 217 Å². The molecule has 0 saturated carbocycles. The van der Waals surface area contributed by atoms with Crippen molar-refractivity contribution in [3.63, 3.8) is 0 Å². The Kier molecular flexibility index (Phi) is 2300. The van der Waals surface area contributed by atoms with Crippen molar-refractivity contribution >= 4 is 179 Å². The molecule has 0 saturated heterocycles. The zero-order chi connectivity index (χ0) is 0. The summed E-state index contributed by atoms with van der Waals surface area (Å²) in [4.78, 5) is 0. The van der Waals surface area contributed by atoms with Gasteiger partial charge in [-0.3, -0.25) is 0 Å². The SMILES string of the molecule is [Al+3].[Al+3].[Ba+2].[Ba+2].[Mg+2].[Mg+2].[O-2].[O-2].[O-2].[O-2].[O-2].[O-2].[OH-]. The van der Waals surface area contributed by atoms with Gasteiger partial charge in [0.05, 0.1) is 0 Å². The first-order chi connectivity index (χ1) is 0. The van der Waals surface area contributed by atoms with Crippen molar-refractivity contribution in [2.75, 3.05) is 0 Å². The smallest absolute Gasteiger partial charge is 2.00 e. The van der Waals surface area contributed by atoms with Crippen LogP contribution in [0.15, 0.2) is 0 Å². The van der Waals surface area contributed by atoms with Gasteiger partial charge in [0.25, 0.3) is 0 Å². The van der Waals surface area contributed by atoms with Gasteiger partial charge in [0, 0.05) is 0 Å². The molecule has 0 atom stereocenters. The maximum absolute atomic E-state index is 0. The van der Waals surface area contributed by atoms with Crippen LogP contribution >= 0.6 is 0 Å². The normalized spacial score (nSPS) is 0. The Morgan fingerprint density at radius 3 is 0.385 bits per heavy atom.